The average Bonchev–Trinajstić information content (AvgIpc) is 2.41. The Morgan fingerprint density at radius 1 is 1.20 bits per heavy atom. The zero-order chi connectivity index (χ0) is 14.7. The summed E-state index contributed by atoms with van der Waals surface area (Å²) < 4.78 is 13.3. The molecule has 0 aromatic heterocycles. The van der Waals surface area contributed by atoms with Crippen molar-refractivity contribution in [2.75, 3.05) is 5.32 Å². The molecule has 2 aromatic rings. The summed E-state index contributed by atoms with van der Waals surface area (Å²) in [5.74, 6) is 0.0919. The second-order valence-electron chi connectivity index (χ2n) is 4.96. The van der Waals surface area contributed by atoms with Gasteiger partial charge in [0.05, 0.1) is 0 Å². The molecule has 0 aliphatic rings. The van der Waals surface area contributed by atoms with Crippen molar-refractivity contribution in [2.45, 2.75) is 19.8 Å². The molecule has 2 aromatic carbocycles. The number of thiocarbonyl (C=S) groups is 1. The van der Waals surface area contributed by atoms with Crippen LogP contribution < -0.4 is 11.1 Å². The number of rotatable bonds is 4. The Kier molecular flexibility index (Phi) is 4.35. The quantitative estimate of drug-likeness (QED) is 0.823. The second-order valence-corrected chi connectivity index (χ2v) is 5.40. The van der Waals surface area contributed by atoms with E-state index in [1.165, 1.54) is 17.7 Å². The van der Waals surface area contributed by atoms with Crippen molar-refractivity contribution in [3.05, 3.63) is 59.4 Å². The molecule has 3 N–H and O–H groups in total. The van der Waals surface area contributed by atoms with E-state index in [0.717, 1.165) is 5.69 Å². The zero-order valence-corrected chi connectivity index (χ0v) is 12.3. The molecule has 0 atom stereocenters. The monoisotopic (exact) mass is 288 g/mol. The molecular formula is C16H17FN2S. The van der Waals surface area contributed by atoms with Crippen molar-refractivity contribution in [3.63, 3.8) is 0 Å². The van der Waals surface area contributed by atoms with Crippen molar-refractivity contribution < 1.29 is 4.39 Å². The Balaban J connectivity index is 2.35. The van der Waals surface area contributed by atoms with Gasteiger partial charge in [0.15, 0.2) is 0 Å². The van der Waals surface area contributed by atoms with E-state index in [1.807, 2.05) is 12.1 Å². The fraction of sp³-hybridized carbons (Fsp3) is 0.188. The van der Waals surface area contributed by atoms with Crippen molar-refractivity contribution in [1.29, 1.82) is 0 Å². The molecule has 0 fully saturated rings. The largest absolute Gasteiger partial charge is 0.389 e. The molecule has 0 heterocycles. The van der Waals surface area contributed by atoms with E-state index in [9.17, 15) is 4.39 Å². The molecule has 0 spiro atoms. The van der Waals surface area contributed by atoms with Gasteiger partial charge in [-0.1, -0.05) is 38.2 Å². The van der Waals surface area contributed by atoms with E-state index in [4.69, 9.17) is 18.0 Å². The minimum absolute atomic E-state index is 0.173. The van der Waals surface area contributed by atoms with Gasteiger partial charge in [0, 0.05) is 16.9 Å². The lowest BCUT2D eigenvalue weighted by atomic mass is 10.0. The minimum Gasteiger partial charge on any atom is -0.389 e. The molecule has 0 unspecified atom stereocenters. The van der Waals surface area contributed by atoms with Crippen LogP contribution in [0.2, 0.25) is 0 Å². The summed E-state index contributed by atoms with van der Waals surface area (Å²) in [4.78, 5) is 0.173. The minimum atomic E-state index is -0.353. The standard InChI is InChI=1S/C16H17FN2S/c1-10(2)11-4-3-5-13(8-11)19-15-7-6-12(17)9-14(15)16(18)20/h3-10,19H,1-2H3,(H2,18,20). The first-order chi connectivity index (χ1) is 9.47. The first-order valence-corrected chi connectivity index (χ1v) is 6.84. The van der Waals surface area contributed by atoms with Gasteiger partial charge >= 0.3 is 0 Å². The highest BCUT2D eigenvalue weighted by Crippen LogP contribution is 2.24. The molecule has 0 radical (unpaired) electrons. The molecular weight excluding hydrogens is 271 g/mol. The van der Waals surface area contributed by atoms with Gasteiger partial charge in [0.2, 0.25) is 0 Å². The number of anilines is 2. The molecule has 20 heavy (non-hydrogen) atoms. The van der Waals surface area contributed by atoms with Crippen LogP contribution in [0.15, 0.2) is 42.5 Å². The highest BCUT2D eigenvalue weighted by molar-refractivity contribution is 7.80. The summed E-state index contributed by atoms with van der Waals surface area (Å²) in [7, 11) is 0. The second kappa shape index (κ2) is 6.01. The first-order valence-electron chi connectivity index (χ1n) is 6.43. The van der Waals surface area contributed by atoms with E-state index >= 15 is 0 Å². The van der Waals surface area contributed by atoms with Crippen molar-refractivity contribution >= 4 is 28.6 Å². The molecule has 104 valence electrons. The van der Waals surface area contributed by atoms with E-state index in [2.05, 4.69) is 31.3 Å². The number of nitrogens with two attached hydrogens (primary N) is 1. The third kappa shape index (κ3) is 3.33. The van der Waals surface area contributed by atoms with Crippen LogP contribution >= 0.6 is 12.2 Å². The molecule has 2 rings (SSSR count). The smallest absolute Gasteiger partial charge is 0.124 e. The van der Waals surface area contributed by atoms with Gasteiger partial charge in [0.25, 0.3) is 0 Å². The van der Waals surface area contributed by atoms with Crippen molar-refractivity contribution in [1.82, 2.24) is 0 Å². The van der Waals surface area contributed by atoms with Crippen LogP contribution in [0.25, 0.3) is 0 Å². The van der Waals surface area contributed by atoms with Crippen molar-refractivity contribution in [3.8, 4) is 0 Å². The predicted octanol–water partition coefficient (Wildman–Crippen LogP) is 4.33. The van der Waals surface area contributed by atoms with Crippen LogP contribution in [0.5, 0.6) is 0 Å². The van der Waals surface area contributed by atoms with Crippen LogP contribution in [-0.4, -0.2) is 4.99 Å². The van der Waals surface area contributed by atoms with Crippen LogP contribution in [0, 0.1) is 5.82 Å². The van der Waals surface area contributed by atoms with Gasteiger partial charge < -0.3 is 11.1 Å². The highest BCUT2D eigenvalue weighted by atomic mass is 32.1. The molecule has 2 nitrogen and oxygen atoms in total. The lowest BCUT2D eigenvalue weighted by Gasteiger charge is -2.13. The summed E-state index contributed by atoms with van der Waals surface area (Å²) in [6.45, 7) is 4.27. The lowest BCUT2D eigenvalue weighted by molar-refractivity contribution is 0.628. The Labute approximate surface area is 123 Å². The Hall–Kier alpha value is -1.94. The maximum atomic E-state index is 13.3. The van der Waals surface area contributed by atoms with Gasteiger partial charge in [-0.25, -0.2) is 4.39 Å². The number of nitrogens with one attached hydrogen (secondary N) is 1. The van der Waals surface area contributed by atoms with Crippen LogP contribution in [0.3, 0.4) is 0 Å². The predicted molar refractivity (Wildman–Crippen MR) is 86.1 cm³/mol. The average molecular weight is 288 g/mol. The molecule has 4 heteroatoms. The summed E-state index contributed by atoms with van der Waals surface area (Å²) >= 11 is 4.96. The van der Waals surface area contributed by atoms with Gasteiger partial charge in [-0.05, 0) is 41.8 Å². The van der Waals surface area contributed by atoms with Crippen LogP contribution in [0.4, 0.5) is 15.8 Å². The number of hydrogen-bond acceptors (Lipinski definition) is 2. The maximum Gasteiger partial charge on any atom is 0.124 e. The zero-order valence-electron chi connectivity index (χ0n) is 11.5. The fourth-order valence-electron chi connectivity index (χ4n) is 1.96. The first kappa shape index (κ1) is 14.5. The summed E-state index contributed by atoms with van der Waals surface area (Å²) in [6, 6.07) is 12.5. The summed E-state index contributed by atoms with van der Waals surface area (Å²) in [5, 5.41) is 3.24. The molecule has 0 saturated heterocycles. The third-order valence-corrected chi connectivity index (χ3v) is 3.30. The summed E-state index contributed by atoms with van der Waals surface area (Å²) in [6.07, 6.45) is 0. The lowest BCUT2D eigenvalue weighted by Crippen LogP contribution is -2.12. The number of benzene rings is 2. The SMILES string of the molecule is CC(C)c1cccc(Nc2ccc(F)cc2C(N)=S)c1. The number of halogens is 1. The fourth-order valence-corrected chi connectivity index (χ4v) is 2.13. The van der Waals surface area contributed by atoms with Crippen LogP contribution in [0.1, 0.15) is 30.9 Å². The molecule has 0 aliphatic carbocycles. The molecule has 0 aliphatic heterocycles. The molecule has 0 saturated carbocycles. The maximum absolute atomic E-state index is 13.3. The van der Waals surface area contributed by atoms with E-state index in [1.54, 1.807) is 6.07 Å². The topological polar surface area (TPSA) is 38.0 Å². The molecule has 0 amide bonds. The van der Waals surface area contributed by atoms with E-state index < -0.39 is 0 Å². The molecule has 0 bridgehead atoms. The van der Waals surface area contributed by atoms with E-state index in [-0.39, 0.29) is 10.8 Å². The Morgan fingerprint density at radius 2 is 1.95 bits per heavy atom. The summed E-state index contributed by atoms with van der Waals surface area (Å²) in [5.41, 5.74) is 9.02. The van der Waals surface area contributed by atoms with Gasteiger partial charge in [-0.2, -0.15) is 0 Å². The van der Waals surface area contributed by atoms with Gasteiger partial charge in [0.1, 0.15) is 10.8 Å². The number of hydrogen-bond donors (Lipinski definition) is 2. The van der Waals surface area contributed by atoms with E-state index in [0.29, 0.717) is 17.2 Å². The van der Waals surface area contributed by atoms with Crippen LogP contribution in [-0.2, 0) is 0 Å². The third-order valence-electron chi connectivity index (χ3n) is 3.08. The van der Waals surface area contributed by atoms with Gasteiger partial charge in [-0.15, -0.1) is 0 Å². The van der Waals surface area contributed by atoms with Gasteiger partial charge in [-0.3, -0.25) is 0 Å². The van der Waals surface area contributed by atoms with Crippen molar-refractivity contribution in [2.24, 2.45) is 5.73 Å². The normalized spacial score (nSPS) is 10.6. The Morgan fingerprint density at radius 3 is 2.60 bits per heavy atom. The highest BCUT2D eigenvalue weighted by Gasteiger charge is 2.08. The Bertz CT molecular complexity index is 638.